The van der Waals surface area contributed by atoms with Gasteiger partial charge < -0.3 is 16.0 Å². The van der Waals surface area contributed by atoms with Crippen molar-refractivity contribution in [1.29, 1.82) is 0 Å². The average molecular weight is 445 g/mol. The van der Waals surface area contributed by atoms with E-state index < -0.39 is 10.0 Å². The Morgan fingerprint density at radius 3 is 2.50 bits per heavy atom. The molecule has 3 aliphatic rings. The summed E-state index contributed by atoms with van der Waals surface area (Å²) in [5.41, 5.74) is 0. The number of carbonyl (C=O) groups excluding carboxylic acids is 1. The molecular formula is C20H40N6O3S. The molecule has 0 spiro atoms. The molecule has 0 aromatic carbocycles. The highest BCUT2D eigenvalue weighted by atomic mass is 32.2. The van der Waals surface area contributed by atoms with Crippen LogP contribution >= 0.6 is 0 Å². The summed E-state index contributed by atoms with van der Waals surface area (Å²) >= 11 is 0. The van der Waals surface area contributed by atoms with E-state index in [9.17, 15) is 13.2 Å². The van der Waals surface area contributed by atoms with Crippen molar-refractivity contribution in [2.75, 3.05) is 19.3 Å². The van der Waals surface area contributed by atoms with Crippen molar-refractivity contribution in [2.45, 2.75) is 89.3 Å². The summed E-state index contributed by atoms with van der Waals surface area (Å²) in [5.74, 6) is 1.66. The van der Waals surface area contributed by atoms with Crippen LogP contribution in [0.3, 0.4) is 0 Å². The molecule has 9 nitrogen and oxygen atoms in total. The number of carbonyl (C=O) groups is 1. The molecule has 3 fully saturated rings. The fourth-order valence-corrected chi connectivity index (χ4v) is 5.75. The first-order chi connectivity index (χ1) is 14.3. The van der Waals surface area contributed by atoms with Gasteiger partial charge in [0.15, 0.2) is 0 Å². The maximum absolute atomic E-state index is 12.6. The Kier molecular flexibility index (Phi) is 8.76. The van der Waals surface area contributed by atoms with E-state index in [1.807, 2.05) is 0 Å². The van der Waals surface area contributed by atoms with Gasteiger partial charge >= 0.3 is 6.03 Å². The molecule has 1 aliphatic heterocycles. The van der Waals surface area contributed by atoms with Crippen molar-refractivity contribution < 1.29 is 13.2 Å². The summed E-state index contributed by atoms with van der Waals surface area (Å²) in [6.45, 7) is 3.20. The van der Waals surface area contributed by atoms with Crippen LogP contribution in [-0.4, -0.2) is 58.3 Å². The lowest BCUT2D eigenvalue weighted by Gasteiger charge is -2.40. The first-order valence-electron chi connectivity index (χ1n) is 11.6. The zero-order valence-corrected chi connectivity index (χ0v) is 19.2. The van der Waals surface area contributed by atoms with E-state index in [-0.39, 0.29) is 30.6 Å². The smallest absolute Gasteiger partial charge is 0.317 e. The fraction of sp³-hybridized carbons (Fsp3) is 0.950. The zero-order valence-electron chi connectivity index (χ0n) is 18.4. The van der Waals surface area contributed by atoms with Gasteiger partial charge in [0.05, 0.1) is 12.4 Å². The third-order valence-electron chi connectivity index (χ3n) is 6.67. The van der Waals surface area contributed by atoms with E-state index in [0.29, 0.717) is 19.5 Å². The SMILES string of the molecule is CC1CC(NCCCNS(C)(=O)=O)NC(NC(=O)NC2CCC3CCCCC3C2)N1. The fourth-order valence-electron chi connectivity index (χ4n) is 5.23. The maximum Gasteiger partial charge on any atom is 0.317 e. The van der Waals surface area contributed by atoms with Crippen LogP contribution in [0.2, 0.25) is 0 Å². The van der Waals surface area contributed by atoms with Crippen molar-refractivity contribution in [3.05, 3.63) is 0 Å². The third kappa shape index (κ3) is 7.96. The molecule has 6 atom stereocenters. The Hall–Kier alpha value is -0.940. The van der Waals surface area contributed by atoms with Crippen LogP contribution < -0.4 is 31.3 Å². The largest absolute Gasteiger partial charge is 0.335 e. The van der Waals surface area contributed by atoms with Crippen LogP contribution in [-0.2, 0) is 10.0 Å². The molecule has 2 amide bonds. The molecular weight excluding hydrogens is 404 g/mol. The van der Waals surface area contributed by atoms with Gasteiger partial charge in [-0.25, -0.2) is 17.9 Å². The number of urea groups is 1. The lowest BCUT2D eigenvalue weighted by atomic mass is 9.69. The van der Waals surface area contributed by atoms with E-state index in [4.69, 9.17) is 0 Å². The number of amides is 2. The zero-order chi connectivity index (χ0) is 21.6. The van der Waals surface area contributed by atoms with Crippen molar-refractivity contribution >= 4 is 16.1 Å². The molecule has 0 aromatic rings. The van der Waals surface area contributed by atoms with Crippen molar-refractivity contribution in [3.8, 4) is 0 Å². The van der Waals surface area contributed by atoms with Gasteiger partial charge in [-0.05, 0) is 57.4 Å². The van der Waals surface area contributed by atoms with Crippen molar-refractivity contribution in [2.24, 2.45) is 11.8 Å². The van der Waals surface area contributed by atoms with E-state index in [0.717, 1.165) is 31.1 Å². The average Bonchev–Trinajstić information content (AvgIpc) is 2.66. The molecule has 2 saturated carbocycles. The molecule has 174 valence electrons. The molecule has 1 saturated heterocycles. The summed E-state index contributed by atoms with van der Waals surface area (Å²) < 4.78 is 24.7. The summed E-state index contributed by atoms with van der Waals surface area (Å²) in [6, 6.07) is 0.409. The predicted octanol–water partition coefficient (Wildman–Crippen LogP) is 0.755. The Morgan fingerprint density at radius 2 is 1.73 bits per heavy atom. The lowest BCUT2D eigenvalue weighted by molar-refractivity contribution is 0.141. The van der Waals surface area contributed by atoms with Gasteiger partial charge in [0.25, 0.3) is 0 Å². The monoisotopic (exact) mass is 444 g/mol. The van der Waals surface area contributed by atoms with E-state index >= 15 is 0 Å². The quantitative estimate of drug-likeness (QED) is 0.307. The normalized spacial score (nSPS) is 34.7. The Morgan fingerprint density at radius 1 is 0.967 bits per heavy atom. The highest BCUT2D eigenvalue weighted by Gasteiger charge is 2.33. The number of hydrogen-bond acceptors (Lipinski definition) is 6. The molecule has 0 radical (unpaired) electrons. The van der Waals surface area contributed by atoms with Gasteiger partial charge in [0.1, 0.15) is 6.29 Å². The van der Waals surface area contributed by atoms with E-state index in [1.165, 1.54) is 38.4 Å². The number of hydrogen-bond donors (Lipinski definition) is 6. The molecule has 0 bridgehead atoms. The second-order valence-corrected chi connectivity index (χ2v) is 11.2. The summed E-state index contributed by atoms with van der Waals surface area (Å²) in [7, 11) is -3.14. The number of sulfonamides is 1. The van der Waals surface area contributed by atoms with Crippen LogP contribution in [0.5, 0.6) is 0 Å². The van der Waals surface area contributed by atoms with Crippen molar-refractivity contribution in [3.63, 3.8) is 0 Å². The van der Waals surface area contributed by atoms with Gasteiger partial charge in [0, 0.05) is 18.6 Å². The second-order valence-electron chi connectivity index (χ2n) is 9.36. The molecule has 1 heterocycles. The third-order valence-corrected chi connectivity index (χ3v) is 7.40. The van der Waals surface area contributed by atoms with Crippen LogP contribution in [0.15, 0.2) is 0 Å². The minimum Gasteiger partial charge on any atom is -0.335 e. The van der Waals surface area contributed by atoms with Gasteiger partial charge in [-0.1, -0.05) is 25.7 Å². The topological polar surface area (TPSA) is 123 Å². The summed E-state index contributed by atoms with van der Waals surface area (Å²) in [6.07, 6.45) is 11.4. The second kappa shape index (κ2) is 11.1. The first-order valence-corrected chi connectivity index (χ1v) is 13.4. The molecule has 3 rings (SSSR count). The number of fused-ring (bicyclic) bond motifs is 1. The highest BCUT2D eigenvalue weighted by Crippen LogP contribution is 2.40. The molecule has 0 aromatic heterocycles. The lowest BCUT2D eigenvalue weighted by Crippen LogP contribution is -2.68. The van der Waals surface area contributed by atoms with E-state index in [1.54, 1.807) is 0 Å². The Labute approximate surface area is 181 Å². The predicted molar refractivity (Wildman–Crippen MR) is 118 cm³/mol. The first kappa shape index (κ1) is 23.7. The van der Waals surface area contributed by atoms with Crippen molar-refractivity contribution in [1.82, 2.24) is 31.3 Å². The standard InChI is InChI=1S/C20H40N6O3S/c1-14-12-18(21-10-5-11-22-30(2,28)29)25-19(23-14)26-20(27)24-17-9-8-15-6-3-4-7-16(15)13-17/h14-19,21-23,25H,3-13H2,1-2H3,(H2,24,26,27). The number of rotatable bonds is 8. The molecule has 30 heavy (non-hydrogen) atoms. The molecule has 10 heteroatoms. The molecule has 6 N–H and O–H groups in total. The minimum atomic E-state index is -3.14. The molecule has 2 aliphatic carbocycles. The summed E-state index contributed by atoms with van der Waals surface area (Å²) in [5, 5.41) is 16.3. The van der Waals surface area contributed by atoms with Gasteiger partial charge in [-0.2, -0.15) is 0 Å². The van der Waals surface area contributed by atoms with Crippen LogP contribution in [0.1, 0.15) is 64.7 Å². The van der Waals surface area contributed by atoms with Gasteiger partial charge in [0.2, 0.25) is 10.0 Å². The maximum atomic E-state index is 12.6. The van der Waals surface area contributed by atoms with Crippen LogP contribution in [0.25, 0.3) is 0 Å². The summed E-state index contributed by atoms with van der Waals surface area (Å²) in [4.78, 5) is 12.6. The Balaban J connectivity index is 1.36. The minimum absolute atomic E-state index is 0.0578. The Bertz CT molecular complexity index is 661. The number of nitrogens with one attached hydrogen (secondary N) is 6. The molecule has 6 unspecified atom stereocenters. The van der Waals surface area contributed by atoms with E-state index in [2.05, 4.69) is 38.2 Å². The van der Waals surface area contributed by atoms with Gasteiger partial charge in [-0.3, -0.25) is 10.6 Å². The highest BCUT2D eigenvalue weighted by molar-refractivity contribution is 7.88. The van der Waals surface area contributed by atoms with Crippen LogP contribution in [0, 0.1) is 11.8 Å². The van der Waals surface area contributed by atoms with Crippen LogP contribution in [0.4, 0.5) is 4.79 Å². The van der Waals surface area contributed by atoms with Gasteiger partial charge in [-0.15, -0.1) is 0 Å².